The van der Waals surface area contributed by atoms with Crippen molar-refractivity contribution in [2.45, 2.75) is 20.8 Å². The molecule has 162 valence electrons. The first-order valence-electron chi connectivity index (χ1n) is 10.0. The van der Waals surface area contributed by atoms with Gasteiger partial charge in [0.05, 0.1) is 0 Å². The number of amides is 1. The Kier molecular flexibility index (Phi) is 5.85. The van der Waals surface area contributed by atoms with E-state index in [1.165, 1.54) is 6.07 Å². The fourth-order valence-corrected chi connectivity index (χ4v) is 3.29. The molecule has 2 N–H and O–H groups in total. The number of aryl methyl sites for hydroxylation is 3. The van der Waals surface area contributed by atoms with Crippen molar-refractivity contribution in [3.8, 4) is 5.75 Å². The molecule has 2 aromatic carbocycles. The van der Waals surface area contributed by atoms with Gasteiger partial charge < -0.3 is 19.8 Å². The summed E-state index contributed by atoms with van der Waals surface area (Å²) < 4.78 is 10.8. The monoisotopic (exact) mass is 430 g/mol. The number of benzene rings is 2. The highest BCUT2D eigenvalue weighted by Crippen LogP contribution is 2.22. The summed E-state index contributed by atoms with van der Waals surface area (Å²) in [4.78, 5) is 32.5. The van der Waals surface area contributed by atoms with E-state index in [0.717, 1.165) is 28.0 Å². The van der Waals surface area contributed by atoms with E-state index < -0.39 is 5.63 Å². The summed E-state index contributed by atoms with van der Waals surface area (Å²) in [5.74, 6) is 0.651. The van der Waals surface area contributed by atoms with Crippen LogP contribution in [0, 0.1) is 20.8 Å². The molecule has 4 rings (SSSR count). The van der Waals surface area contributed by atoms with Gasteiger partial charge in [-0.15, -0.1) is 0 Å². The van der Waals surface area contributed by atoms with Crippen molar-refractivity contribution in [1.82, 2.24) is 9.97 Å². The predicted octanol–water partition coefficient (Wildman–Crippen LogP) is 4.27. The van der Waals surface area contributed by atoms with E-state index in [1.807, 2.05) is 39.0 Å². The van der Waals surface area contributed by atoms with Crippen molar-refractivity contribution in [2.75, 3.05) is 17.2 Å². The highest BCUT2D eigenvalue weighted by atomic mass is 16.5. The second kappa shape index (κ2) is 8.89. The van der Waals surface area contributed by atoms with Gasteiger partial charge in [-0.1, -0.05) is 0 Å². The van der Waals surface area contributed by atoms with Crippen LogP contribution in [-0.4, -0.2) is 22.5 Å². The van der Waals surface area contributed by atoms with Gasteiger partial charge in [0.15, 0.2) is 6.61 Å². The van der Waals surface area contributed by atoms with Crippen molar-refractivity contribution in [3.05, 3.63) is 82.0 Å². The summed E-state index contributed by atoms with van der Waals surface area (Å²) in [5, 5.41) is 6.75. The Morgan fingerprint density at radius 2 is 1.62 bits per heavy atom. The number of hydrogen-bond donors (Lipinski definition) is 2. The van der Waals surface area contributed by atoms with Gasteiger partial charge in [-0.05, 0) is 68.8 Å². The van der Waals surface area contributed by atoms with Crippen molar-refractivity contribution in [2.24, 2.45) is 0 Å². The van der Waals surface area contributed by atoms with E-state index in [4.69, 9.17) is 9.15 Å². The minimum absolute atomic E-state index is 0.183. The standard InChI is InChI=1S/C24H22N4O4/c1-14-10-23(30)32-21-12-19(8-9-20(14)21)31-13-22(29)27-17-4-6-18(7-5-17)28-24-25-15(2)11-16(3)26-24/h4-12H,13H2,1-3H3,(H,27,29)(H,25,26,28). The average Bonchev–Trinajstić information content (AvgIpc) is 2.72. The third-order valence-electron chi connectivity index (χ3n) is 4.70. The number of rotatable bonds is 6. The molecule has 0 radical (unpaired) electrons. The Balaban J connectivity index is 1.35. The maximum atomic E-state index is 12.3. The van der Waals surface area contributed by atoms with E-state index >= 15 is 0 Å². The van der Waals surface area contributed by atoms with E-state index in [9.17, 15) is 9.59 Å². The van der Waals surface area contributed by atoms with Gasteiger partial charge in [0.25, 0.3) is 5.91 Å². The van der Waals surface area contributed by atoms with E-state index in [0.29, 0.717) is 23.0 Å². The second-order valence-electron chi connectivity index (χ2n) is 7.42. The Morgan fingerprint density at radius 3 is 2.34 bits per heavy atom. The van der Waals surface area contributed by atoms with Gasteiger partial charge in [-0.25, -0.2) is 14.8 Å². The van der Waals surface area contributed by atoms with Gasteiger partial charge in [0.2, 0.25) is 5.95 Å². The topological polar surface area (TPSA) is 106 Å². The van der Waals surface area contributed by atoms with Gasteiger partial charge >= 0.3 is 5.63 Å². The SMILES string of the molecule is Cc1cc(C)nc(Nc2ccc(NC(=O)COc3ccc4c(C)cc(=O)oc4c3)cc2)n1. The fourth-order valence-electron chi connectivity index (χ4n) is 3.29. The molecule has 0 bridgehead atoms. The lowest BCUT2D eigenvalue weighted by atomic mass is 10.1. The molecular weight excluding hydrogens is 408 g/mol. The Bertz CT molecular complexity index is 1330. The largest absolute Gasteiger partial charge is 0.484 e. The van der Waals surface area contributed by atoms with Crippen LogP contribution < -0.4 is 21.0 Å². The zero-order valence-electron chi connectivity index (χ0n) is 17.9. The molecular formula is C24H22N4O4. The number of aromatic nitrogens is 2. The number of hydrogen-bond acceptors (Lipinski definition) is 7. The van der Waals surface area contributed by atoms with Crippen LogP contribution in [0.25, 0.3) is 11.0 Å². The van der Waals surface area contributed by atoms with Crippen LogP contribution in [0.5, 0.6) is 5.75 Å². The molecule has 2 aromatic heterocycles. The Morgan fingerprint density at radius 1 is 0.938 bits per heavy atom. The zero-order chi connectivity index (χ0) is 22.7. The molecule has 0 atom stereocenters. The van der Waals surface area contributed by atoms with Gasteiger partial charge in [-0.3, -0.25) is 4.79 Å². The summed E-state index contributed by atoms with van der Waals surface area (Å²) in [6.45, 7) is 5.48. The average molecular weight is 430 g/mol. The second-order valence-corrected chi connectivity index (χ2v) is 7.42. The van der Waals surface area contributed by atoms with Crippen molar-refractivity contribution < 1.29 is 13.9 Å². The molecule has 4 aromatic rings. The third-order valence-corrected chi connectivity index (χ3v) is 4.70. The fraction of sp³-hybridized carbons (Fsp3) is 0.167. The first-order chi connectivity index (χ1) is 15.4. The summed E-state index contributed by atoms with van der Waals surface area (Å²) in [6, 6.07) is 15.7. The number of carbonyl (C=O) groups is 1. The van der Waals surface area contributed by atoms with Gasteiger partial charge in [0, 0.05) is 40.3 Å². The molecule has 0 saturated carbocycles. The van der Waals surface area contributed by atoms with Crippen LogP contribution in [0.4, 0.5) is 17.3 Å². The van der Waals surface area contributed by atoms with E-state index in [-0.39, 0.29) is 12.5 Å². The zero-order valence-corrected chi connectivity index (χ0v) is 17.9. The third kappa shape index (κ3) is 5.10. The maximum absolute atomic E-state index is 12.3. The number of nitrogens with one attached hydrogen (secondary N) is 2. The molecule has 32 heavy (non-hydrogen) atoms. The highest BCUT2D eigenvalue weighted by Gasteiger charge is 2.08. The molecule has 0 aliphatic heterocycles. The van der Waals surface area contributed by atoms with Crippen LogP contribution in [0.2, 0.25) is 0 Å². The quantitative estimate of drug-likeness (QED) is 0.440. The van der Waals surface area contributed by atoms with Crippen LogP contribution >= 0.6 is 0 Å². The summed E-state index contributed by atoms with van der Waals surface area (Å²) >= 11 is 0. The summed E-state index contributed by atoms with van der Waals surface area (Å²) in [6.07, 6.45) is 0. The van der Waals surface area contributed by atoms with E-state index in [1.54, 1.807) is 30.3 Å². The first-order valence-corrected chi connectivity index (χ1v) is 10.0. The summed E-state index contributed by atoms with van der Waals surface area (Å²) in [7, 11) is 0. The molecule has 0 aliphatic carbocycles. The smallest absolute Gasteiger partial charge is 0.336 e. The number of nitrogens with zero attached hydrogens (tertiary/aromatic N) is 2. The van der Waals surface area contributed by atoms with E-state index in [2.05, 4.69) is 20.6 Å². The molecule has 0 aliphatic rings. The number of carbonyl (C=O) groups excluding carboxylic acids is 1. The number of fused-ring (bicyclic) bond motifs is 1. The van der Waals surface area contributed by atoms with Crippen LogP contribution in [0.1, 0.15) is 17.0 Å². The molecule has 0 spiro atoms. The molecule has 8 nitrogen and oxygen atoms in total. The minimum atomic E-state index is -0.424. The van der Waals surface area contributed by atoms with Crippen molar-refractivity contribution in [1.29, 1.82) is 0 Å². The summed E-state index contributed by atoms with van der Waals surface area (Å²) in [5.41, 5.74) is 4.02. The maximum Gasteiger partial charge on any atom is 0.336 e. The molecule has 0 saturated heterocycles. The van der Waals surface area contributed by atoms with Gasteiger partial charge in [0.1, 0.15) is 11.3 Å². The first kappa shape index (κ1) is 21.0. The van der Waals surface area contributed by atoms with Crippen LogP contribution in [-0.2, 0) is 4.79 Å². The lowest BCUT2D eigenvalue weighted by Crippen LogP contribution is -2.20. The number of ether oxygens (including phenoxy) is 1. The molecule has 0 unspecified atom stereocenters. The van der Waals surface area contributed by atoms with Crippen molar-refractivity contribution >= 4 is 34.2 Å². The Hall–Kier alpha value is -4.20. The normalized spacial score (nSPS) is 10.7. The molecule has 0 fully saturated rings. The molecule has 2 heterocycles. The van der Waals surface area contributed by atoms with Crippen LogP contribution in [0.3, 0.4) is 0 Å². The predicted molar refractivity (Wildman–Crippen MR) is 123 cm³/mol. The lowest BCUT2D eigenvalue weighted by Gasteiger charge is -2.10. The van der Waals surface area contributed by atoms with Gasteiger partial charge in [-0.2, -0.15) is 0 Å². The lowest BCUT2D eigenvalue weighted by molar-refractivity contribution is -0.118. The highest BCUT2D eigenvalue weighted by molar-refractivity contribution is 5.92. The Labute approximate surface area is 184 Å². The minimum Gasteiger partial charge on any atom is -0.484 e. The number of anilines is 3. The molecule has 1 amide bonds. The van der Waals surface area contributed by atoms with Crippen LogP contribution in [0.15, 0.2) is 63.8 Å². The molecule has 8 heteroatoms. The van der Waals surface area contributed by atoms with Crippen molar-refractivity contribution in [3.63, 3.8) is 0 Å².